The second-order valence-electron chi connectivity index (χ2n) is 4.81. The van der Waals surface area contributed by atoms with E-state index >= 15 is 0 Å². The molecule has 2 aromatic rings. The molecule has 106 valence electrons. The second-order valence-corrected chi connectivity index (χ2v) is 5.66. The van der Waals surface area contributed by atoms with Gasteiger partial charge in [0.15, 0.2) is 6.10 Å². The standard InChI is InChI=1S/C13H15BrN4O2/c1-8-6-18(12-10(14)4-3-5-15-12)7-11(19-8)13-17-16-9(2)20-13/h3-5,8,11H,6-7H2,1-2H3/t8-,11-/m1/s1. The Morgan fingerprint density at radius 3 is 2.90 bits per heavy atom. The van der Waals surface area contributed by atoms with Gasteiger partial charge in [0.1, 0.15) is 5.82 Å². The summed E-state index contributed by atoms with van der Waals surface area (Å²) in [7, 11) is 0. The molecule has 0 radical (unpaired) electrons. The van der Waals surface area contributed by atoms with E-state index in [1.807, 2.05) is 19.1 Å². The number of aryl methyl sites for hydroxylation is 1. The number of halogens is 1. The molecule has 7 heteroatoms. The van der Waals surface area contributed by atoms with Crippen LogP contribution in [0.2, 0.25) is 0 Å². The number of nitrogens with zero attached hydrogens (tertiary/aromatic N) is 4. The van der Waals surface area contributed by atoms with Crippen LogP contribution >= 0.6 is 15.9 Å². The molecule has 0 saturated carbocycles. The lowest BCUT2D eigenvalue weighted by atomic mass is 10.2. The van der Waals surface area contributed by atoms with Crippen LogP contribution in [-0.2, 0) is 4.74 Å². The highest BCUT2D eigenvalue weighted by atomic mass is 79.9. The quantitative estimate of drug-likeness (QED) is 0.838. The monoisotopic (exact) mass is 338 g/mol. The Hall–Kier alpha value is -1.47. The number of anilines is 1. The molecule has 1 aliphatic rings. The first-order valence-corrected chi connectivity index (χ1v) is 7.23. The third-order valence-corrected chi connectivity index (χ3v) is 3.73. The van der Waals surface area contributed by atoms with Gasteiger partial charge in [-0.15, -0.1) is 10.2 Å². The minimum Gasteiger partial charge on any atom is -0.423 e. The van der Waals surface area contributed by atoms with Crippen LogP contribution < -0.4 is 4.90 Å². The summed E-state index contributed by atoms with van der Waals surface area (Å²) >= 11 is 3.54. The predicted molar refractivity (Wildman–Crippen MR) is 76.5 cm³/mol. The molecule has 0 amide bonds. The number of morpholine rings is 1. The van der Waals surface area contributed by atoms with Crippen LogP contribution in [0.3, 0.4) is 0 Å². The highest BCUT2D eigenvalue weighted by Gasteiger charge is 2.31. The highest BCUT2D eigenvalue weighted by Crippen LogP contribution is 2.30. The number of rotatable bonds is 2. The summed E-state index contributed by atoms with van der Waals surface area (Å²) in [5.41, 5.74) is 0. The first kappa shape index (κ1) is 13.5. The summed E-state index contributed by atoms with van der Waals surface area (Å²) in [5, 5.41) is 7.92. The maximum Gasteiger partial charge on any atom is 0.247 e. The van der Waals surface area contributed by atoms with Gasteiger partial charge in [-0.25, -0.2) is 4.98 Å². The second kappa shape index (κ2) is 5.49. The van der Waals surface area contributed by atoms with Gasteiger partial charge in [-0.1, -0.05) is 0 Å². The third-order valence-electron chi connectivity index (χ3n) is 3.12. The molecule has 0 aliphatic carbocycles. The van der Waals surface area contributed by atoms with Gasteiger partial charge in [-0.2, -0.15) is 0 Å². The van der Waals surface area contributed by atoms with Gasteiger partial charge < -0.3 is 14.1 Å². The van der Waals surface area contributed by atoms with Gasteiger partial charge in [0.2, 0.25) is 11.8 Å². The fourth-order valence-electron chi connectivity index (χ4n) is 2.31. The smallest absolute Gasteiger partial charge is 0.247 e. The van der Waals surface area contributed by atoms with E-state index in [0.29, 0.717) is 18.3 Å². The molecule has 1 fully saturated rings. The Balaban J connectivity index is 1.85. The van der Waals surface area contributed by atoms with Gasteiger partial charge in [0.25, 0.3) is 0 Å². The Morgan fingerprint density at radius 2 is 2.20 bits per heavy atom. The summed E-state index contributed by atoms with van der Waals surface area (Å²) in [6.45, 7) is 5.22. The molecule has 0 aromatic carbocycles. The van der Waals surface area contributed by atoms with Crippen LogP contribution in [0.15, 0.2) is 27.2 Å². The average Bonchev–Trinajstić information content (AvgIpc) is 2.85. The molecule has 2 aromatic heterocycles. The van der Waals surface area contributed by atoms with Gasteiger partial charge in [-0.05, 0) is 35.0 Å². The summed E-state index contributed by atoms with van der Waals surface area (Å²) < 4.78 is 12.3. The van der Waals surface area contributed by atoms with Crippen LogP contribution in [-0.4, -0.2) is 34.4 Å². The fraction of sp³-hybridized carbons (Fsp3) is 0.462. The van der Waals surface area contributed by atoms with Crippen molar-refractivity contribution in [3.63, 3.8) is 0 Å². The van der Waals surface area contributed by atoms with E-state index in [4.69, 9.17) is 9.15 Å². The molecule has 0 bridgehead atoms. The maximum atomic E-state index is 5.90. The molecule has 0 spiro atoms. The molecular weight excluding hydrogens is 324 g/mol. The fourth-order valence-corrected chi connectivity index (χ4v) is 2.82. The van der Waals surface area contributed by atoms with Crippen LogP contribution in [0.5, 0.6) is 0 Å². The molecule has 3 rings (SSSR count). The first-order chi connectivity index (χ1) is 9.63. The van der Waals surface area contributed by atoms with Crippen LogP contribution in [0.25, 0.3) is 0 Å². The average molecular weight is 339 g/mol. The van der Waals surface area contributed by atoms with Crippen molar-refractivity contribution in [1.82, 2.24) is 15.2 Å². The zero-order chi connectivity index (χ0) is 14.1. The molecule has 6 nitrogen and oxygen atoms in total. The van der Waals surface area contributed by atoms with E-state index in [1.54, 1.807) is 13.1 Å². The van der Waals surface area contributed by atoms with E-state index in [2.05, 4.69) is 36.0 Å². The normalized spacial score (nSPS) is 23.1. The lowest BCUT2D eigenvalue weighted by molar-refractivity contribution is -0.0314. The first-order valence-electron chi connectivity index (χ1n) is 6.44. The largest absolute Gasteiger partial charge is 0.423 e. The molecular formula is C13H15BrN4O2. The summed E-state index contributed by atoms with van der Waals surface area (Å²) in [4.78, 5) is 6.60. The van der Waals surface area contributed by atoms with E-state index < -0.39 is 0 Å². The van der Waals surface area contributed by atoms with Crippen molar-refractivity contribution in [3.8, 4) is 0 Å². The highest BCUT2D eigenvalue weighted by molar-refractivity contribution is 9.10. The number of ether oxygens (including phenoxy) is 1. The molecule has 3 heterocycles. The predicted octanol–water partition coefficient (Wildman–Crippen LogP) is 2.50. The van der Waals surface area contributed by atoms with Gasteiger partial charge in [0.05, 0.1) is 17.1 Å². The number of aromatic nitrogens is 3. The molecule has 1 saturated heterocycles. The Bertz CT molecular complexity index is 604. The lowest BCUT2D eigenvalue weighted by Gasteiger charge is -2.36. The Labute approximate surface area is 125 Å². The topological polar surface area (TPSA) is 64.3 Å². The van der Waals surface area contributed by atoms with E-state index in [-0.39, 0.29) is 12.2 Å². The number of hydrogen-bond donors (Lipinski definition) is 0. The zero-order valence-corrected chi connectivity index (χ0v) is 12.9. The summed E-state index contributed by atoms with van der Waals surface area (Å²) in [6, 6.07) is 3.88. The van der Waals surface area contributed by atoms with E-state index in [0.717, 1.165) is 16.8 Å². The van der Waals surface area contributed by atoms with Gasteiger partial charge in [0, 0.05) is 19.7 Å². The lowest BCUT2D eigenvalue weighted by Crippen LogP contribution is -2.43. The van der Waals surface area contributed by atoms with E-state index in [1.165, 1.54) is 0 Å². The molecule has 0 N–H and O–H groups in total. The zero-order valence-electron chi connectivity index (χ0n) is 11.3. The molecule has 20 heavy (non-hydrogen) atoms. The minimum absolute atomic E-state index is 0.0647. The molecule has 0 unspecified atom stereocenters. The van der Waals surface area contributed by atoms with Crippen molar-refractivity contribution >= 4 is 21.7 Å². The van der Waals surface area contributed by atoms with Crippen molar-refractivity contribution in [2.75, 3.05) is 18.0 Å². The minimum atomic E-state index is -0.228. The Morgan fingerprint density at radius 1 is 1.35 bits per heavy atom. The van der Waals surface area contributed by atoms with Crippen LogP contribution in [0.1, 0.15) is 24.8 Å². The third kappa shape index (κ3) is 2.69. The van der Waals surface area contributed by atoms with Crippen LogP contribution in [0, 0.1) is 6.92 Å². The number of hydrogen-bond acceptors (Lipinski definition) is 6. The van der Waals surface area contributed by atoms with Crippen molar-refractivity contribution in [2.24, 2.45) is 0 Å². The SMILES string of the molecule is Cc1nnc([C@H]2CN(c3ncccc3Br)C[C@@H](C)O2)o1. The van der Waals surface area contributed by atoms with Crippen molar-refractivity contribution in [2.45, 2.75) is 26.1 Å². The molecule has 1 aliphatic heterocycles. The van der Waals surface area contributed by atoms with Gasteiger partial charge in [-0.3, -0.25) is 0 Å². The van der Waals surface area contributed by atoms with E-state index in [9.17, 15) is 0 Å². The van der Waals surface area contributed by atoms with Crippen LogP contribution in [0.4, 0.5) is 5.82 Å². The van der Waals surface area contributed by atoms with Crippen molar-refractivity contribution in [1.29, 1.82) is 0 Å². The maximum absolute atomic E-state index is 5.90. The van der Waals surface area contributed by atoms with Crippen molar-refractivity contribution in [3.05, 3.63) is 34.6 Å². The van der Waals surface area contributed by atoms with Gasteiger partial charge >= 0.3 is 0 Å². The van der Waals surface area contributed by atoms with Crippen molar-refractivity contribution < 1.29 is 9.15 Å². The summed E-state index contributed by atoms with van der Waals surface area (Å²) in [6.07, 6.45) is 1.62. The Kier molecular flexibility index (Phi) is 3.71. The summed E-state index contributed by atoms with van der Waals surface area (Å²) in [5.74, 6) is 1.97. The number of pyridine rings is 1. The molecule has 2 atom stereocenters.